The Kier molecular flexibility index (Phi) is 4.39. The topological polar surface area (TPSA) is 70.7 Å². The SMILES string of the molecule is Cc1ccc(Cc2nnc(Nc3ccccc3Cl)[nH]c2=O)cc1. The average molecular weight is 327 g/mol. The fourth-order valence-electron chi connectivity index (χ4n) is 2.12. The molecule has 116 valence electrons. The van der Waals surface area contributed by atoms with Crippen LogP contribution in [0.3, 0.4) is 0 Å². The predicted octanol–water partition coefficient (Wildman–Crippen LogP) is 3.46. The van der Waals surface area contributed by atoms with Crippen LogP contribution in [0.2, 0.25) is 5.02 Å². The Morgan fingerprint density at radius 1 is 1.09 bits per heavy atom. The summed E-state index contributed by atoms with van der Waals surface area (Å²) in [6.45, 7) is 2.02. The third-order valence-electron chi connectivity index (χ3n) is 3.38. The van der Waals surface area contributed by atoms with E-state index in [2.05, 4.69) is 20.5 Å². The summed E-state index contributed by atoms with van der Waals surface area (Å²) in [5.41, 5.74) is 2.95. The van der Waals surface area contributed by atoms with Crippen LogP contribution in [0.4, 0.5) is 11.6 Å². The molecule has 0 spiro atoms. The van der Waals surface area contributed by atoms with Crippen molar-refractivity contribution >= 4 is 23.2 Å². The lowest BCUT2D eigenvalue weighted by molar-refractivity contribution is 0.874. The molecule has 23 heavy (non-hydrogen) atoms. The quantitative estimate of drug-likeness (QED) is 0.770. The van der Waals surface area contributed by atoms with Crippen molar-refractivity contribution in [1.82, 2.24) is 15.2 Å². The minimum Gasteiger partial charge on any atom is -0.323 e. The Labute approximate surface area is 138 Å². The monoisotopic (exact) mass is 326 g/mol. The molecule has 5 nitrogen and oxygen atoms in total. The molecule has 0 amide bonds. The molecule has 2 aromatic carbocycles. The van der Waals surface area contributed by atoms with E-state index in [9.17, 15) is 4.79 Å². The van der Waals surface area contributed by atoms with Crippen molar-refractivity contribution in [3.8, 4) is 0 Å². The van der Waals surface area contributed by atoms with Gasteiger partial charge in [0, 0.05) is 6.42 Å². The molecule has 0 radical (unpaired) electrons. The van der Waals surface area contributed by atoms with Gasteiger partial charge in [-0.2, -0.15) is 0 Å². The summed E-state index contributed by atoms with van der Waals surface area (Å²) in [5.74, 6) is 0.260. The number of aromatic nitrogens is 3. The number of benzene rings is 2. The standard InChI is InChI=1S/C17H15ClN4O/c1-11-6-8-12(9-7-11)10-15-16(23)20-17(22-21-15)19-14-5-3-2-4-13(14)18/h2-9H,10H2,1H3,(H2,19,20,22,23). The second-order valence-electron chi connectivity index (χ2n) is 5.22. The Balaban J connectivity index is 1.79. The zero-order valence-corrected chi connectivity index (χ0v) is 13.3. The molecule has 6 heteroatoms. The van der Waals surface area contributed by atoms with E-state index >= 15 is 0 Å². The fraction of sp³-hybridized carbons (Fsp3) is 0.118. The summed E-state index contributed by atoms with van der Waals surface area (Å²) < 4.78 is 0. The van der Waals surface area contributed by atoms with Crippen LogP contribution in [0.25, 0.3) is 0 Å². The molecule has 0 fully saturated rings. The molecule has 0 saturated carbocycles. The zero-order chi connectivity index (χ0) is 16.2. The van der Waals surface area contributed by atoms with Gasteiger partial charge >= 0.3 is 0 Å². The van der Waals surface area contributed by atoms with Crippen molar-refractivity contribution in [1.29, 1.82) is 0 Å². The second kappa shape index (κ2) is 6.62. The van der Waals surface area contributed by atoms with Gasteiger partial charge in [-0.25, -0.2) is 0 Å². The number of para-hydroxylation sites is 1. The van der Waals surface area contributed by atoms with Crippen LogP contribution in [0.1, 0.15) is 16.8 Å². The number of aromatic amines is 1. The van der Waals surface area contributed by atoms with E-state index < -0.39 is 0 Å². The van der Waals surface area contributed by atoms with Crippen LogP contribution < -0.4 is 10.9 Å². The molecule has 0 saturated heterocycles. The van der Waals surface area contributed by atoms with Gasteiger partial charge in [0.15, 0.2) is 0 Å². The average Bonchev–Trinajstić information content (AvgIpc) is 2.54. The third kappa shape index (κ3) is 3.76. The van der Waals surface area contributed by atoms with E-state index in [1.165, 1.54) is 5.56 Å². The fourth-order valence-corrected chi connectivity index (χ4v) is 2.30. The smallest absolute Gasteiger partial charge is 0.274 e. The maximum atomic E-state index is 12.2. The van der Waals surface area contributed by atoms with Crippen molar-refractivity contribution in [2.24, 2.45) is 0 Å². The van der Waals surface area contributed by atoms with Gasteiger partial charge in [-0.05, 0) is 24.6 Å². The van der Waals surface area contributed by atoms with E-state index in [0.717, 1.165) is 5.56 Å². The molecular formula is C17H15ClN4O. The maximum absolute atomic E-state index is 12.2. The van der Waals surface area contributed by atoms with Gasteiger partial charge in [0.2, 0.25) is 5.95 Å². The first-order valence-corrected chi connectivity index (χ1v) is 7.52. The van der Waals surface area contributed by atoms with E-state index in [0.29, 0.717) is 22.8 Å². The van der Waals surface area contributed by atoms with Gasteiger partial charge in [0.25, 0.3) is 5.56 Å². The Hall–Kier alpha value is -2.66. The van der Waals surface area contributed by atoms with E-state index in [4.69, 9.17) is 11.6 Å². The predicted molar refractivity (Wildman–Crippen MR) is 91.4 cm³/mol. The number of anilines is 2. The number of nitrogens with one attached hydrogen (secondary N) is 2. The Morgan fingerprint density at radius 3 is 2.52 bits per heavy atom. The molecule has 3 aromatic rings. The van der Waals surface area contributed by atoms with E-state index in [1.54, 1.807) is 12.1 Å². The number of aryl methyl sites for hydroxylation is 1. The molecule has 0 unspecified atom stereocenters. The lowest BCUT2D eigenvalue weighted by atomic mass is 10.1. The van der Waals surface area contributed by atoms with Gasteiger partial charge in [-0.15, -0.1) is 10.2 Å². The third-order valence-corrected chi connectivity index (χ3v) is 3.71. The molecule has 0 bridgehead atoms. The molecule has 2 N–H and O–H groups in total. The molecule has 3 rings (SSSR count). The van der Waals surface area contributed by atoms with E-state index in [-0.39, 0.29) is 11.5 Å². The van der Waals surface area contributed by atoms with Crippen LogP contribution >= 0.6 is 11.6 Å². The molecule has 0 aliphatic carbocycles. The van der Waals surface area contributed by atoms with Crippen LogP contribution in [0.5, 0.6) is 0 Å². The first-order chi connectivity index (χ1) is 11.1. The first kappa shape index (κ1) is 15.2. The first-order valence-electron chi connectivity index (χ1n) is 7.15. The van der Waals surface area contributed by atoms with Gasteiger partial charge in [0.05, 0.1) is 10.7 Å². The minimum absolute atomic E-state index is 0.260. The van der Waals surface area contributed by atoms with Crippen LogP contribution in [-0.4, -0.2) is 15.2 Å². The largest absolute Gasteiger partial charge is 0.323 e. The molecule has 1 aromatic heterocycles. The van der Waals surface area contributed by atoms with E-state index in [1.807, 2.05) is 43.3 Å². The number of hydrogen-bond acceptors (Lipinski definition) is 4. The second-order valence-corrected chi connectivity index (χ2v) is 5.62. The van der Waals surface area contributed by atoms with Crippen LogP contribution in [0.15, 0.2) is 53.3 Å². The molecule has 0 aliphatic rings. The van der Waals surface area contributed by atoms with Crippen molar-refractivity contribution < 1.29 is 0 Å². The highest BCUT2D eigenvalue weighted by molar-refractivity contribution is 6.33. The van der Waals surface area contributed by atoms with Crippen molar-refractivity contribution in [2.75, 3.05) is 5.32 Å². The van der Waals surface area contributed by atoms with Crippen LogP contribution in [-0.2, 0) is 6.42 Å². The highest BCUT2D eigenvalue weighted by Crippen LogP contribution is 2.22. The number of hydrogen-bond donors (Lipinski definition) is 2. The Morgan fingerprint density at radius 2 is 1.83 bits per heavy atom. The number of rotatable bonds is 4. The zero-order valence-electron chi connectivity index (χ0n) is 12.5. The highest BCUT2D eigenvalue weighted by atomic mass is 35.5. The molecule has 0 atom stereocenters. The molecular weight excluding hydrogens is 312 g/mol. The lowest BCUT2D eigenvalue weighted by Crippen LogP contribution is -2.18. The lowest BCUT2D eigenvalue weighted by Gasteiger charge is -2.07. The summed E-state index contributed by atoms with van der Waals surface area (Å²) in [4.78, 5) is 14.8. The summed E-state index contributed by atoms with van der Waals surface area (Å²) in [6, 6.07) is 15.2. The van der Waals surface area contributed by atoms with Gasteiger partial charge in [0.1, 0.15) is 5.69 Å². The number of H-pyrrole nitrogens is 1. The van der Waals surface area contributed by atoms with Gasteiger partial charge in [-0.1, -0.05) is 53.6 Å². The highest BCUT2D eigenvalue weighted by Gasteiger charge is 2.07. The summed E-state index contributed by atoms with van der Waals surface area (Å²) >= 11 is 6.06. The van der Waals surface area contributed by atoms with Gasteiger partial charge < -0.3 is 5.32 Å². The molecule has 0 aliphatic heterocycles. The van der Waals surface area contributed by atoms with Crippen molar-refractivity contribution in [3.05, 3.63) is 80.7 Å². The van der Waals surface area contributed by atoms with Crippen molar-refractivity contribution in [2.45, 2.75) is 13.3 Å². The van der Waals surface area contributed by atoms with Gasteiger partial charge in [-0.3, -0.25) is 9.78 Å². The number of halogens is 1. The van der Waals surface area contributed by atoms with Crippen molar-refractivity contribution in [3.63, 3.8) is 0 Å². The minimum atomic E-state index is -0.268. The number of nitrogens with zero attached hydrogens (tertiary/aromatic N) is 2. The van der Waals surface area contributed by atoms with Crippen LogP contribution in [0, 0.1) is 6.92 Å². The summed E-state index contributed by atoms with van der Waals surface area (Å²) in [7, 11) is 0. The summed E-state index contributed by atoms with van der Waals surface area (Å²) in [6.07, 6.45) is 0.439. The maximum Gasteiger partial charge on any atom is 0.274 e. The normalized spacial score (nSPS) is 10.5. The summed E-state index contributed by atoms with van der Waals surface area (Å²) in [5, 5.41) is 11.5. The Bertz CT molecular complexity index is 874. The molecule has 1 heterocycles.